The third-order valence-corrected chi connectivity index (χ3v) is 0.746. The topological polar surface area (TPSA) is 41.5 Å². The van der Waals surface area contributed by atoms with Gasteiger partial charge in [-0.25, -0.2) is 0 Å². The second-order valence-electron chi connectivity index (χ2n) is 1.62. The summed E-state index contributed by atoms with van der Waals surface area (Å²) in [5, 5.41) is 11.4. The summed E-state index contributed by atoms with van der Waals surface area (Å²) >= 11 is 0. The molecule has 0 saturated heterocycles. The molecule has 3 nitrogen and oxygen atoms in total. The van der Waals surface area contributed by atoms with Crippen LogP contribution in [0.5, 0.6) is 0 Å². The maximum absolute atomic E-state index is 8.61. The molecular weight excluding hydrogens is 105 g/mol. The summed E-state index contributed by atoms with van der Waals surface area (Å²) < 4.78 is 4.72. The Kier molecular flexibility index (Phi) is 5.05. The summed E-state index contributed by atoms with van der Waals surface area (Å²) in [5.41, 5.74) is 0. The van der Waals surface area contributed by atoms with E-state index in [1.165, 1.54) is 0 Å². The van der Waals surface area contributed by atoms with Crippen molar-refractivity contribution in [3.8, 4) is 0 Å². The lowest BCUT2D eigenvalue weighted by Gasteiger charge is -2.00. The van der Waals surface area contributed by atoms with Gasteiger partial charge in [-0.2, -0.15) is 0 Å². The minimum atomic E-state index is -0.426. The first-order valence-corrected chi connectivity index (χ1v) is 2.67. The predicted molar refractivity (Wildman–Crippen MR) is 33.7 cm³/mol. The Morgan fingerprint density at radius 2 is 2.38 bits per heavy atom. The maximum atomic E-state index is 8.61. The van der Waals surface area contributed by atoms with Gasteiger partial charge in [0.15, 0.2) is 0 Å². The quantitative estimate of drug-likeness (QED) is 0.379. The molecule has 2 N–H and O–H groups in total. The first-order chi connectivity index (χ1) is 3.77. The molecule has 4 heteroatoms. The average Bonchev–Trinajstić information content (AvgIpc) is 1.66. The Morgan fingerprint density at radius 3 is 2.75 bits per heavy atom. The van der Waals surface area contributed by atoms with Crippen molar-refractivity contribution in [2.24, 2.45) is 0 Å². The van der Waals surface area contributed by atoms with Crippen LogP contribution in [0.4, 0.5) is 0 Å². The third kappa shape index (κ3) is 5.94. The second kappa shape index (κ2) is 5.09. The molecule has 0 unspecified atom stereocenters. The van der Waals surface area contributed by atoms with Crippen LogP contribution < -0.4 is 5.23 Å². The predicted octanol–water partition coefficient (Wildman–Crippen LogP) is -0.667. The van der Waals surface area contributed by atoms with Crippen LogP contribution in [0.15, 0.2) is 0 Å². The fourth-order valence-corrected chi connectivity index (χ4v) is 0.370. The third-order valence-electron chi connectivity index (χ3n) is 0.746. The van der Waals surface area contributed by atoms with Crippen molar-refractivity contribution >= 4 is 7.05 Å². The van der Waals surface area contributed by atoms with Gasteiger partial charge in [-0.15, -0.1) is 0 Å². The minimum Gasteiger partial charge on any atom is -0.437 e. The number of hydrogen-bond acceptors (Lipinski definition) is 3. The number of hydrogen-bond donors (Lipinski definition) is 2. The van der Waals surface area contributed by atoms with Crippen molar-refractivity contribution in [1.29, 1.82) is 0 Å². The summed E-state index contributed by atoms with van der Waals surface area (Å²) in [5.74, 6) is 0. The lowest BCUT2D eigenvalue weighted by molar-refractivity contribution is 0.203. The van der Waals surface area contributed by atoms with Gasteiger partial charge >= 0.3 is 7.05 Å². The molecule has 0 aromatic rings. The van der Waals surface area contributed by atoms with Crippen LogP contribution >= 0.6 is 0 Å². The van der Waals surface area contributed by atoms with Crippen LogP contribution in [-0.4, -0.2) is 32.3 Å². The van der Waals surface area contributed by atoms with Crippen LogP contribution in [0, 0.1) is 0 Å². The summed E-state index contributed by atoms with van der Waals surface area (Å²) in [6, 6.07) is 0. The Bertz CT molecular complexity index is 51.3. The van der Waals surface area contributed by atoms with E-state index in [-0.39, 0.29) is 0 Å². The summed E-state index contributed by atoms with van der Waals surface area (Å²) in [7, 11) is 1.20. The Labute approximate surface area is 50.2 Å². The van der Waals surface area contributed by atoms with Crippen LogP contribution in [0.2, 0.25) is 6.82 Å². The van der Waals surface area contributed by atoms with Crippen molar-refractivity contribution in [1.82, 2.24) is 5.23 Å². The second-order valence-corrected chi connectivity index (χ2v) is 1.62. The zero-order chi connectivity index (χ0) is 6.41. The van der Waals surface area contributed by atoms with Gasteiger partial charge in [-0.05, 0) is 6.82 Å². The molecule has 0 saturated carbocycles. The molecule has 0 heterocycles. The van der Waals surface area contributed by atoms with Crippen LogP contribution in [0.3, 0.4) is 0 Å². The molecule has 8 heavy (non-hydrogen) atoms. The largest absolute Gasteiger partial charge is 0.437 e. The average molecular weight is 117 g/mol. The van der Waals surface area contributed by atoms with E-state index in [4.69, 9.17) is 9.76 Å². The molecule has 0 aromatic heterocycles. The molecule has 0 aromatic carbocycles. The smallest absolute Gasteiger partial charge is 0.373 e. The van der Waals surface area contributed by atoms with Crippen molar-refractivity contribution < 1.29 is 9.76 Å². The molecule has 0 fully saturated rings. The molecule has 0 bridgehead atoms. The van der Waals surface area contributed by atoms with Crippen LogP contribution in [-0.2, 0) is 4.74 Å². The summed E-state index contributed by atoms with van der Waals surface area (Å²) in [4.78, 5) is 0. The van der Waals surface area contributed by atoms with Gasteiger partial charge in [-0.1, -0.05) is 0 Å². The Hall–Kier alpha value is -0.0551. The number of nitrogens with one attached hydrogen (secondary N) is 1. The highest BCUT2D eigenvalue weighted by Gasteiger charge is 1.97. The monoisotopic (exact) mass is 117 g/mol. The van der Waals surface area contributed by atoms with Crippen molar-refractivity contribution in [3.63, 3.8) is 0 Å². The summed E-state index contributed by atoms with van der Waals surface area (Å²) in [6.45, 7) is 3.02. The zero-order valence-corrected chi connectivity index (χ0v) is 5.35. The van der Waals surface area contributed by atoms with Gasteiger partial charge < -0.3 is 15.0 Å². The molecule has 0 aliphatic carbocycles. The van der Waals surface area contributed by atoms with E-state index in [9.17, 15) is 0 Å². The van der Waals surface area contributed by atoms with Crippen LogP contribution in [0.25, 0.3) is 0 Å². The number of rotatable bonds is 4. The number of ether oxygens (including phenoxy) is 1. The van der Waals surface area contributed by atoms with E-state index in [0.29, 0.717) is 13.2 Å². The molecule has 0 aliphatic rings. The standard InChI is InChI=1S/C4H12BNO2/c1-5(7)6-3-4-8-2/h6-7H,3-4H2,1-2H3. The molecule has 0 rings (SSSR count). The molecule has 0 radical (unpaired) electrons. The lowest BCUT2D eigenvalue weighted by atomic mass is 9.89. The maximum Gasteiger partial charge on any atom is 0.373 e. The van der Waals surface area contributed by atoms with Gasteiger partial charge in [-0.3, -0.25) is 0 Å². The van der Waals surface area contributed by atoms with Gasteiger partial charge in [0, 0.05) is 13.7 Å². The van der Waals surface area contributed by atoms with E-state index in [2.05, 4.69) is 5.23 Å². The van der Waals surface area contributed by atoms with E-state index in [1.807, 2.05) is 0 Å². The highest BCUT2D eigenvalue weighted by Crippen LogP contribution is 1.66. The van der Waals surface area contributed by atoms with Gasteiger partial charge in [0.25, 0.3) is 0 Å². The van der Waals surface area contributed by atoms with E-state index in [0.717, 1.165) is 0 Å². The molecule has 0 atom stereocenters. The highest BCUT2D eigenvalue weighted by molar-refractivity contribution is 6.45. The zero-order valence-electron chi connectivity index (χ0n) is 5.35. The fourth-order valence-electron chi connectivity index (χ4n) is 0.370. The van der Waals surface area contributed by atoms with E-state index in [1.54, 1.807) is 13.9 Å². The fraction of sp³-hybridized carbons (Fsp3) is 1.00. The molecular formula is C4H12BNO2. The molecule has 48 valence electrons. The van der Waals surface area contributed by atoms with Gasteiger partial charge in [0.05, 0.1) is 6.61 Å². The van der Waals surface area contributed by atoms with Gasteiger partial charge in [0.2, 0.25) is 0 Å². The lowest BCUT2D eigenvalue weighted by Crippen LogP contribution is -2.33. The van der Waals surface area contributed by atoms with E-state index >= 15 is 0 Å². The van der Waals surface area contributed by atoms with Crippen LogP contribution in [0.1, 0.15) is 0 Å². The Morgan fingerprint density at radius 1 is 1.75 bits per heavy atom. The van der Waals surface area contributed by atoms with E-state index < -0.39 is 7.05 Å². The van der Waals surface area contributed by atoms with Crippen molar-refractivity contribution in [3.05, 3.63) is 0 Å². The first-order valence-electron chi connectivity index (χ1n) is 2.67. The first kappa shape index (κ1) is 7.94. The highest BCUT2D eigenvalue weighted by atomic mass is 16.5. The van der Waals surface area contributed by atoms with Gasteiger partial charge in [0.1, 0.15) is 0 Å². The molecule has 0 spiro atoms. The van der Waals surface area contributed by atoms with Crippen molar-refractivity contribution in [2.45, 2.75) is 6.82 Å². The minimum absolute atomic E-state index is 0.426. The number of methoxy groups -OCH3 is 1. The molecule has 0 aliphatic heterocycles. The molecule has 0 amide bonds. The Balaban J connectivity index is 2.72. The normalized spacial score (nSPS) is 9.38. The summed E-state index contributed by atoms with van der Waals surface area (Å²) in [6.07, 6.45) is 0. The van der Waals surface area contributed by atoms with Crippen molar-refractivity contribution in [2.75, 3.05) is 20.3 Å². The SMILES string of the molecule is COCCNB(C)O.